The predicted octanol–water partition coefficient (Wildman–Crippen LogP) is 2.78. The molecule has 1 fully saturated rings. The van der Waals surface area contributed by atoms with Gasteiger partial charge in [0.25, 0.3) is 0 Å². The Balaban J connectivity index is 1.44. The van der Waals surface area contributed by atoms with E-state index in [1.165, 1.54) is 6.07 Å². The van der Waals surface area contributed by atoms with Gasteiger partial charge in [0.2, 0.25) is 0 Å². The minimum absolute atomic E-state index is 0.0473. The van der Waals surface area contributed by atoms with E-state index in [2.05, 4.69) is 11.2 Å². The van der Waals surface area contributed by atoms with Crippen LogP contribution in [0.3, 0.4) is 0 Å². The van der Waals surface area contributed by atoms with Crippen molar-refractivity contribution in [3.63, 3.8) is 0 Å². The number of carbonyl (C=O) groups is 1. The number of piperazine rings is 1. The summed E-state index contributed by atoms with van der Waals surface area (Å²) in [5.41, 5.74) is 1.71. The van der Waals surface area contributed by atoms with Crippen LogP contribution in [-0.2, 0) is 6.42 Å². The minimum atomic E-state index is -0.522. The number of nitrogens with one attached hydrogen (secondary N) is 1. The highest BCUT2D eigenvalue weighted by molar-refractivity contribution is 5.74. The number of benzene rings is 2. The second-order valence-electron chi connectivity index (χ2n) is 6.84. The number of hydrogen-bond acceptors (Lipinski definition) is 4. The van der Waals surface area contributed by atoms with Crippen molar-refractivity contribution in [2.24, 2.45) is 0 Å². The van der Waals surface area contributed by atoms with Gasteiger partial charge < -0.3 is 19.9 Å². The third-order valence-electron chi connectivity index (χ3n) is 4.95. The molecule has 154 valence electrons. The zero-order valence-corrected chi connectivity index (χ0v) is 16.6. The molecule has 0 saturated carbocycles. The Labute approximate surface area is 175 Å². The number of rotatable bonds is 6. The fourth-order valence-electron chi connectivity index (χ4n) is 3.34. The molecule has 1 heterocycles. The second-order valence-corrected chi connectivity index (χ2v) is 6.84. The van der Waals surface area contributed by atoms with Gasteiger partial charge in [-0.05, 0) is 36.2 Å². The summed E-state index contributed by atoms with van der Waals surface area (Å²) >= 11 is 0. The van der Waals surface area contributed by atoms with E-state index in [4.69, 9.17) is 11.2 Å². The largest absolute Gasteiger partial charge is 0.481 e. The van der Waals surface area contributed by atoms with Gasteiger partial charge in [0.05, 0.1) is 5.69 Å². The normalized spacial score (nSPS) is 13.3. The maximum atomic E-state index is 13.8. The zero-order chi connectivity index (χ0) is 21.3. The molecule has 0 aromatic heterocycles. The van der Waals surface area contributed by atoms with E-state index in [0.717, 1.165) is 11.3 Å². The zero-order valence-electron chi connectivity index (χ0n) is 16.6. The molecular formula is C23H23FN4O2. The SMILES string of the molecule is C#CCOc1ccc(CCNC(=O)N2CCN(c3cccc(F)c3C#N)CC2)cc1. The van der Waals surface area contributed by atoms with Crippen LogP contribution in [-0.4, -0.2) is 50.3 Å². The Morgan fingerprint density at radius 3 is 2.57 bits per heavy atom. The number of halogens is 1. The molecule has 0 unspecified atom stereocenters. The fraction of sp³-hybridized carbons (Fsp3) is 0.304. The van der Waals surface area contributed by atoms with Crippen molar-refractivity contribution in [2.75, 3.05) is 44.2 Å². The molecule has 7 heteroatoms. The molecule has 0 aliphatic carbocycles. The van der Waals surface area contributed by atoms with Gasteiger partial charge in [-0.15, -0.1) is 6.42 Å². The number of nitrogens with zero attached hydrogens (tertiary/aromatic N) is 3. The van der Waals surface area contributed by atoms with Crippen molar-refractivity contribution in [3.8, 4) is 24.2 Å². The van der Waals surface area contributed by atoms with Crippen LogP contribution >= 0.6 is 0 Å². The van der Waals surface area contributed by atoms with Gasteiger partial charge in [-0.1, -0.05) is 24.1 Å². The van der Waals surface area contributed by atoms with Gasteiger partial charge in [0.15, 0.2) is 0 Å². The monoisotopic (exact) mass is 406 g/mol. The van der Waals surface area contributed by atoms with Crippen molar-refractivity contribution in [1.29, 1.82) is 5.26 Å². The van der Waals surface area contributed by atoms with Crippen molar-refractivity contribution in [3.05, 3.63) is 59.4 Å². The first-order chi connectivity index (χ1) is 14.6. The van der Waals surface area contributed by atoms with Gasteiger partial charge in [0.1, 0.15) is 29.8 Å². The van der Waals surface area contributed by atoms with Crippen molar-refractivity contribution in [1.82, 2.24) is 10.2 Å². The number of ether oxygens (including phenoxy) is 1. The third kappa shape index (κ3) is 5.21. The smallest absolute Gasteiger partial charge is 0.317 e. The molecule has 0 radical (unpaired) electrons. The van der Waals surface area contributed by atoms with Crippen LogP contribution in [0.2, 0.25) is 0 Å². The average molecular weight is 406 g/mol. The van der Waals surface area contributed by atoms with Crippen molar-refractivity contribution in [2.45, 2.75) is 6.42 Å². The van der Waals surface area contributed by atoms with Crippen molar-refractivity contribution >= 4 is 11.7 Å². The van der Waals surface area contributed by atoms with E-state index < -0.39 is 5.82 Å². The molecule has 2 aromatic carbocycles. The third-order valence-corrected chi connectivity index (χ3v) is 4.95. The summed E-state index contributed by atoms with van der Waals surface area (Å²) in [6, 6.07) is 14.0. The van der Waals surface area contributed by atoms with Crippen LogP contribution < -0.4 is 15.0 Å². The maximum absolute atomic E-state index is 13.8. The van der Waals surface area contributed by atoms with Crippen molar-refractivity contribution < 1.29 is 13.9 Å². The Morgan fingerprint density at radius 2 is 1.90 bits per heavy atom. The Bertz CT molecular complexity index is 955. The molecule has 1 aliphatic rings. The predicted molar refractivity (Wildman–Crippen MR) is 113 cm³/mol. The number of anilines is 1. The topological polar surface area (TPSA) is 68.6 Å². The molecule has 3 rings (SSSR count). The lowest BCUT2D eigenvalue weighted by molar-refractivity contribution is 0.194. The lowest BCUT2D eigenvalue weighted by Gasteiger charge is -2.36. The lowest BCUT2D eigenvalue weighted by Crippen LogP contribution is -2.52. The van der Waals surface area contributed by atoms with Gasteiger partial charge in [-0.3, -0.25) is 0 Å². The van der Waals surface area contributed by atoms with E-state index in [1.807, 2.05) is 35.2 Å². The first kappa shape index (κ1) is 21.0. The highest BCUT2D eigenvalue weighted by Gasteiger charge is 2.23. The summed E-state index contributed by atoms with van der Waals surface area (Å²) in [4.78, 5) is 16.1. The quantitative estimate of drug-likeness (QED) is 0.749. The highest BCUT2D eigenvalue weighted by Crippen LogP contribution is 2.23. The van der Waals surface area contributed by atoms with E-state index in [0.29, 0.717) is 44.8 Å². The Kier molecular flexibility index (Phi) is 7.13. The van der Waals surface area contributed by atoms with Crippen LogP contribution in [0.15, 0.2) is 42.5 Å². The fourth-order valence-corrected chi connectivity index (χ4v) is 3.34. The average Bonchev–Trinajstić information content (AvgIpc) is 2.78. The van der Waals surface area contributed by atoms with Crippen LogP contribution in [0, 0.1) is 29.5 Å². The van der Waals surface area contributed by atoms with Gasteiger partial charge in [-0.2, -0.15) is 5.26 Å². The molecule has 6 nitrogen and oxygen atoms in total. The standard InChI is InChI=1S/C23H23FN4O2/c1-2-16-30-19-8-6-18(7-9-19)10-11-26-23(29)28-14-12-27(13-15-28)22-5-3-4-21(24)20(22)17-25/h1,3-9H,10-16H2,(H,26,29). The summed E-state index contributed by atoms with van der Waals surface area (Å²) < 4.78 is 19.2. The number of nitriles is 1. The summed E-state index contributed by atoms with van der Waals surface area (Å²) in [6.45, 7) is 2.87. The van der Waals surface area contributed by atoms with Crippen LogP contribution in [0.1, 0.15) is 11.1 Å². The molecule has 1 saturated heterocycles. The summed E-state index contributed by atoms with van der Waals surface area (Å²) in [5, 5.41) is 12.1. The number of terminal acetylenes is 1. The second kappa shape index (κ2) is 10.2. The van der Waals surface area contributed by atoms with Crippen LogP contribution in [0.5, 0.6) is 5.75 Å². The van der Waals surface area contributed by atoms with E-state index in [1.54, 1.807) is 17.0 Å². The van der Waals surface area contributed by atoms with Gasteiger partial charge in [0, 0.05) is 32.7 Å². The molecule has 1 N–H and O–H groups in total. The summed E-state index contributed by atoms with van der Waals surface area (Å²) in [5.74, 6) is 2.62. The number of hydrogen-bond donors (Lipinski definition) is 1. The van der Waals surface area contributed by atoms with E-state index in [9.17, 15) is 14.4 Å². The number of carbonyl (C=O) groups excluding carboxylic acids is 1. The Morgan fingerprint density at radius 1 is 1.17 bits per heavy atom. The molecule has 30 heavy (non-hydrogen) atoms. The van der Waals surface area contributed by atoms with E-state index >= 15 is 0 Å². The maximum Gasteiger partial charge on any atom is 0.317 e. The van der Waals surface area contributed by atoms with E-state index in [-0.39, 0.29) is 18.2 Å². The molecule has 1 aliphatic heterocycles. The van der Waals surface area contributed by atoms with Gasteiger partial charge >= 0.3 is 6.03 Å². The minimum Gasteiger partial charge on any atom is -0.481 e. The van der Waals surface area contributed by atoms with Crippen LogP contribution in [0.25, 0.3) is 0 Å². The molecule has 2 amide bonds. The van der Waals surface area contributed by atoms with Gasteiger partial charge in [-0.25, -0.2) is 9.18 Å². The highest BCUT2D eigenvalue weighted by atomic mass is 19.1. The molecule has 0 bridgehead atoms. The first-order valence-electron chi connectivity index (χ1n) is 9.74. The lowest BCUT2D eigenvalue weighted by atomic mass is 10.1. The molecule has 0 spiro atoms. The Hall–Kier alpha value is -3.71. The molecular weight excluding hydrogens is 383 g/mol. The first-order valence-corrected chi connectivity index (χ1v) is 9.74. The summed E-state index contributed by atoms with van der Waals surface area (Å²) in [7, 11) is 0. The summed E-state index contributed by atoms with van der Waals surface area (Å²) in [6.07, 6.45) is 5.87. The number of urea groups is 1. The molecule has 2 aromatic rings. The van der Waals surface area contributed by atoms with Crippen LogP contribution in [0.4, 0.5) is 14.9 Å². The molecule has 0 atom stereocenters. The number of amides is 2.